The highest BCUT2D eigenvalue weighted by Crippen LogP contribution is 2.12. The van der Waals surface area contributed by atoms with Gasteiger partial charge in [0.15, 0.2) is 5.78 Å². The van der Waals surface area contributed by atoms with Crippen LogP contribution in [-0.4, -0.2) is 24.6 Å². The van der Waals surface area contributed by atoms with Crippen molar-refractivity contribution in [3.63, 3.8) is 0 Å². The summed E-state index contributed by atoms with van der Waals surface area (Å²) >= 11 is 0. The second-order valence-corrected chi connectivity index (χ2v) is 4.86. The standard InChI is InChI=1S/C19H16O4/c1-23-19(22)18(21)17-10-6-5-9-15(17)13-16(20)12-11-14-7-3-2-4-8-14/h2-12H,13H2,1H3. The van der Waals surface area contributed by atoms with Crippen molar-refractivity contribution in [3.05, 3.63) is 77.4 Å². The maximum absolute atomic E-state index is 12.1. The summed E-state index contributed by atoms with van der Waals surface area (Å²) in [4.78, 5) is 35.4. The van der Waals surface area contributed by atoms with E-state index in [0.29, 0.717) is 5.56 Å². The molecule has 0 heterocycles. The Labute approximate surface area is 134 Å². The number of esters is 1. The van der Waals surface area contributed by atoms with E-state index in [1.807, 2.05) is 30.3 Å². The molecule has 0 fully saturated rings. The fourth-order valence-electron chi connectivity index (χ4n) is 2.10. The number of allylic oxidation sites excluding steroid dienone is 1. The monoisotopic (exact) mass is 308 g/mol. The molecule has 0 radical (unpaired) electrons. The summed E-state index contributed by atoms with van der Waals surface area (Å²) in [5.41, 5.74) is 1.62. The van der Waals surface area contributed by atoms with Crippen LogP contribution in [-0.2, 0) is 20.7 Å². The molecule has 4 nitrogen and oxygen atoms in total. The van der Waals surface area contributed by atoms with Gasteiger partial charge in [0.25, 0.3) is 5.78 Å². The Morgan fingerprint density at radius 1 is 0.957 bits per heavy atom. The SMILES string of the molecule is COC(=O)C(=O)c1ccccc1CC(=O)C=Cc1ccccc1. The van der Waals surface area contributed by atoms with Crippen molar-refractivity contribution in [2.24, 2.45) is 0 Å². The summed E-state index contributed by atoms with van der Waals surface area (Å²) in [6.07, 6.45) is 3.23. The third kappa shape index (κ3) is 4.48. The van der Waals surface area contributed by atoms with Gasteiger partial charge in [-0.2, -0.15) is 0 Å². The fraction of sp³-hybridized carbons (Fsp3) is 0.105. The Bertz CT molecular complexity index is 745. The molecular formula is C19H16O4. The van der Waals surface area contributed by atoms with Gasteiger partial charge in [-0.3, -0.25) is 9.59 Å². The van der Waals surface area contributed by atoms with E-state index in [4.69, 9.17) is 0 Å². The van der Waals surface area contributed by atoms with Gasteiger partial charge in [0, 0.05) is 12.0 Å². The molecule has 0 aliphatic rings. The smallest absolute Gasteiger partial charge is 0.379 e. The summed E-state index contributed by atoms with van der Waals surface area (Å²) < 4.78 is 4.44. The predicted molar refractivity (Wildman–Crippen MR) is 87.0 cm³/mol. The van der Waals surface area contributed by atoms with Crippen LogP contribution in [0.25, 0.3) is 6.08 Å². The molecule has 116 valence electrons. The second-order valence-electron chi connectivity index (χ2n) is 4.86. The first-order valence-electron chi connectivity index (χ1n) is 7.08. The maximum Gasteiger partial charge on any atom is 0.379 e. The number of ether oxygens (including phenoxy) is 1. The van der Waals surface area contributed by atoms with Gasteiger partial charge < -0.3 is 4.74 Å². The largest absolute Gasteiger partial charge is 0.463 e. The van der Waals surface area contributed by atoms with E-state index in [0.717, 1.165) is 12.7 Å². The molecule has 0 aliphatic heterocycles. The van der Waals surface area contributed by atoms with Gasteiger partial charge >= 0.3 is 5.97 Å². The summed E-state index contributed by atoms with van der Waals surface area (Å²) in [5, 5.41) is 0. The fourth-order valence-corrected chi connectivity index (χ4v) is 2.10. The quantitative estimate of drug-likeness (QED) is 0.356. The van der Waals surface area contributed by atoms with E-state index in [-0.39, 0.29) is 17.8 Å². The summed E-state index contributed by atoms with van der Waals surface area (Å²) in [6, 6.07) is 16.0. The molecule has 0 aromatic heterocycles. The van der Waals surface area contributed by atoms with E-state index in [2.05, 4.69) is 4.74 Å². The number of benzene rings is 2. The first-order chi connectivity index (χ1) is 11.1. The number of methoxy groups -OCH3 is 1. The van der Waals surface area contributed by atoms with Gasteiger partial charge in [-0.1, -0.05) is 60.7 Å². The van der Waals surface area contributed by atoms with Gasteiger partial charge in [-0.05, 0) is 17.2 Å². The Morgan fingerprint density at radius 2 is 1.61 bits per heavy atom. The van der Waals surface area contributed by atoms with Crippen LogP contribution in [0.4, 0.5) is 0 Å². The van der Waals surface area contributed by atoms with Crippen LogP contribution < -0.4 is 0 Å². The van der Waals surface area contributed by atoms with Crippen molar-refractivity contribution in [2.45, 2.75) is 6.42 Å². The van der Waals surface area contributed by atoms with Gasteiger partial charge in [0.2, 0.25) is 0 Å². The molecule has 0 spiro atoms. The lowest BCUT2D eigenvalue weighted by Gasteiger charge is -2.05. The van der Waals surface area contributed by atoms with E-state index in [9.17, 15) is 14.4 Å². The minimum absolute atomic E-state index is 0.0439. The number of Topliss-reactive ketones (excluding diaryl/α,β-unsaturated/α-hetero) is 1. The molecule has 0 bridgehead atoms. The van der Waals surface area contributed by atoms with Crippen LogP contribution in [0.3, 0.4) is 0 Å². The number of hydrogen-bond donors (Lipinski definition) is 0. The van der Waals surface area contributed by atoms with Crippen molar-refractivity contribution in [2.75, 3.05) is 7.11 Å². The van der Waals surface area contributed by atoms with Gasteiger partial charge in [0.05, 0.1) is 7.11 Å². The highest BCUT2D eigenvalue weighted by molar-refractivity contribution is 6.41. The molecule has 0 unspecified atom stereocenters. The third-order valence-corrected chi connectivity index (χ3v) is 3.26. The van der Waals surface area contributed by atoms with Gasteiger partial charge in [-0.25, -0.2) is 4.79 Å². The number of rotatable bonds is 6. The molecule has 0 amide bonds. The molecule has 2 aromatic rings. The zero-order valence-electron chi connectivity index (χ0n) is 12.7. The number of ketones is 2. The topological polar surface area (TPSA) is 60.4 Å². The third-order valence-electron chi connectivity index (χ3n) is 3.26. The first-order valence-corrected chi connectivity index (χ1v) is 7.08. The molecule has 0 atom stereocenters. The minimum Gasteiger partial charge on any atom is -0.463 e. The van der Waals surface area contributed by atoms with Crippen LogP contribution in [0.2, 0.25) is 0 Å². The lowest BCUT2D eigenvalue weighted by Crippen LogP contribution is -2.18. The van der Waals surface area contributed by atoms with Crippen LogP contribution in [0.5, 0.6) is 0 Å². The molecule has 23 heavy (non-hydrogen) atoms. The molecule has 0 saturated carbocycles. The van der Waals surface area contributed by atoms with Crippen LogP contribution >= 0.6 is 0 Å². The van der Waals surface area contributed by atoms with Crippen LogP contribution in [0.1, 0.15) is 21.5 Å². The van der Waals surface area contributed by atoms with Crippen LogP contribution in [0, 0.1) is 0 Å². The number of carbonyl (C=O) groups excluding carboxylic acids is 3. The average Bonchev–Trinajstić information content (AvgIpc) is 2.60. The summed E-state index contributed by atoms with van der Waals surface area (Å²) in [7, 11) is 1.15. The lowest BCUT2D eigenvalue weighted by molar-refractivity contribution is -0.135. The Hall–Kier alpha value is -3.01. The Kier molecular flexibility index (Phi) is 5.58. The van der Waals surface area contributed by atoms with E-state index in [1.165, 1.54) is 12.1 Å². The summed E-state index contributed by atoms with van der Waals surface area (Å²) in [5.74, 6) is -1.84. The van der Waals surface area contributed by atoms with Crippen molar-refractivity contribution in [3.8, 4) is 0 Å². The predicted octanol–water partition coefficient (Wildman–Crippen LogP) is 2.87. The first kappa shape index (κ1) is 16.4. The minimum atomic E-state index is -0.940. The molecule has 2 rings (SSSR count). The number of carbonyl (C=O) groups is 3. The van der Waals surface area contributed by atoms with Crippen molar-refractivity contribution in [1.82, 2.24) is 0 Å². The van der Waals surface area contributed by atoms with Crippen molar-refractivity contribution in [1.29, 1.82) is 0 Å². The second kappa shape index (κ2) is 7.84. The molecule has 0 aliphatic carbocycles. The van der Waals surface area contributed by atoms with E-state index >= 15 is 0 Å². The molecule has 0 saturated heterocycles. The molecule has 0 N–H and O–H groups in total. The average molecular weight is 308 g/mol. The lowest BCUT2D eigenvalue weighted by atomic mass is 9.99. The Morgan fingerprint density at radius 3 is 2.30 bits per heavy atom. The van der Waals surface area contributed by atoms with E-state index in [1.54, 1.807) is 24.3 Å². The van der Waals surface area contributed by atoms with Crippen molar-refractivity contribution >= 4 is 23.6 Å². The Balaban J connectivity index is 2.14. The molecule has 2 aromatic carbocycles. The highest BCUT2D eigenvalue weighted by Gasteiger charge is 2.20. The maximum atomic E-state index is 12.1. The van der Waals surface area contributed by atoms with Gasteiger partial charge in [-0.15, -0.1) is 0 Å². The number of hydrogen-bond acceptors (Lipinski definition) is 4. The normalized spacial score (nSPS) is 10.5. The zero-order valence-corrected chi connectivity index (χ0v) is 12.7. The zero-order chi connectivity index (χ0) is 16.7. The van der Waals surface area contributed by atoms with Gasteiger partial charge in [0.1, 0.15) is 0 Å². The summed E-state index contributed by atoms with van der Waals surface area (Å²) in [6.45, 7) is 0. The highest BCUT2D eigenvalue weighted by atomic mass is 16.5. The van der Waals surface area contributed by atoms with Crippen LogP contribution in [0.15, 0.2) is 60.7 Å². The van der Waals surface area contributed by atoms with E-state index < -0.39 is 11.8 Å². The molecular weight excluding hydrogens is 292 g/mol. The molecule has 4 heteroatoms. The van der Waals surface area contributed by atoms with Crippen molar-refractivity contribution < 1.29 is 19.1 Å².